The Labute approximate surface area is 145 Å². The smallest absolute Gasteiger partial charge is 0.278 e. The van der Waals surface area contributed by atoms with Crippen molar-refractivity contribution in [2.75, 3.05) is 21.3 Å². The minimum absolute atomic E-state index is 0.0978. The first-order valence-corrected chi connectivity index (χ1v) is 7.98. The molecule has 128 valence electrons. The van der Waals surface area contributed by atoms with Gasteiger partial charge in [0.1, 0.15) is 5.75 Å². The molecule has 2 heterocycles. The van der Waals surface area contributed by atoms with Gasteiger partial charge < -0.3 is 14.2 Å². The Hall–Kier alpha value is -3.02. The normalized spacial score (nSPS) is 17.9. The molecule has 0 aliphatic carbocycles. The third-order valence-corrected chi connectivity index (χ3v) is 4.69. The van der Waals surface area contributed by atoms with Gasteiger partial charge in [-0.2, -0.15) is 5.10 Å². The highest BCUT2D eigenvalue weighted by atomic mass is 16.5. The zero-order chi connectivity index (χ0) is 17.6. The van der Waals surface area contributed by atoms with E-state index < -0.39 is 0 Å². The summed E-state index contributed by atoms with van der Waals surface area (Å²) >= 11 is 0. The van der Waals surface area contributed by atoms with Crippen LogP contribution in [0.5, 0.6) is 17.2 Å². The third-order valence-electron chi connectivity index (χ3n) is 4.69. The summed E-state index contributed by atoms with van der Waals surface area (Å²) < 4.78 is 15.9. The van der Waals surface area contributed by atoms with Crippen LogP contribution in [0.1, 0.15) is 33.9 Å². The molecule has 0 N–H and O–H groups in total. The number of nitrogens with zero attached hydrogens (tertiary/aromatic N) is 2. The average molecular weight is 338 g/mol. The zero-order valence-corrected chi connectivity index (χ0v) is 14.3. The van der Waals surface area contributed by atoms with Gasteiger partial charge in [0.05, 0.1) is 38.6 Å². The molecule has 0 radical (unpaired) electrons. The summed E-state index contributed by atoms with van der Waals surface area (Å²) in [5.74, 6) is 1.66. The number of hydrogen-bond donors (Lipinski definition) is 0. The highest BCUT2D eigenvalue weighted by Gasteiger charge is 2.44. The fourth-order valence-electron chi connectivity index (χ4n) is 3.45. The van der Waals surface area contributed by atoms with Crippen LogP contribution in [0.2, 0.25) is 0 Å². The van der Waals surface area contributed by atoms with Crippen LogP contribution in [0.15, 0.2) is 41.5 Å². The minimum Gasteiger partial charge on any atom is -0.497 e. The topological polar surface area (TPSA) is 60.4 Å². The van der Waals surface area contributed by atoms with Gasteiger partial charge in [-0.25, -0.2) is 5.01 Å². The van der Waals surface area contributed by atoms with Crippen LogP contribution in [-0.4, -0.2) is 38.0 Å². The number of hydrazone groups is 1. The minimum atomic E-state index is -0.153. The fourth-order valence-corrected chi connectivity index (χ4v) is 3.45. The van der Waals surface area contributed by atoms with Crippen molar-refractivity contribution in [3.63, 3.8) is 0 Å². The number of methoxy groups -OCH3 is 3. The fraction of sp³-hybridized carbons (Fsp3) is 0.263. The number of carbonyl (C=O) groups is 1. The average Bonchev–Trinajstić information content (AvgIpc) is 3.20. The van der Waals surface area contributed by atoms with Crippen molar-refractivity contribution < 1.29 is 19.0 Å². The van der Waals surface area contributed by atoms with Crippen LogP contribution < -0.4 is 14.2 Å². The number of ether oxygens (including phenoxy) is 3. The molecular weight excluding hydrogens is 320 g/mol. The molecule has 0 saturated carbocycles. The second-order valence-corrected chi connectivity index (χ2v) is 5.91. The van der Waals surface area contributed by atoms with Crippen molar-refractivity contribution in [3.8, 4) is 17.2 Å². The van der Waals surface area contributed by atoms with Gasteiger partial charge >= 0.3 is 0 Å². The Morgan fingerprint density at radius 3 is 2.40 bits per heavy atom. The predicted molar refractivity (Wildman–Crippen MR) is 92.6 cm³/mol. The quantitative estimate of drug-likeness (QED) is 0.860. The number of benzene rings is 2. The van der Waals surface area contributed by atoms with Crippen LogP contribution in [0.4, 0.5) is 0 Å². The van der Waals surface area contributed by atoms with Crippen LogP contribution >= 0.6 is 0 Å². The highest BCUT2D eigenvalue weighted by molar-refractivity contribution is 6.09. The van der Waals surface area contributed by atoms with Crippen molar-refractivity contribution in [2.45, 2.75) is 12.5 Å². The molecule has 0 saturated heterocycles. The Morgan fingerprint density at radius 1 is 1.00 bits per heavy atom. The van der Waals surface area contributed by atoms with E-state index in [1.54, 1.807) is 26.3 Å². The van der Waals surface area contributed by atoms with Gasteiger partial charge in [-0.1, -0.05) is 6.07 Å². The van der Waals surface area contributed by atoms with Gasteiger partial charge in [0.15, 0.2) is 11.5 Å². The van der Waals surface area contributed by atoms with Crippen molar-refractivity contribution in [1.82, 2.24) is 5.01 Å². The van der Waals surface area contributed by atoms with Gasteiger partial charge in [0.25, 0.3) is 5.91 Å². The van der Waals surface area contributed by atoms with Crippen molar-refractivity contribution in [2.24, 2.45) is 5.10 Å². The molecule has 0 spiro atoms. The molecule has 6 heteroatoms. The van der Waals surface area contributed by atoms with Gasteiger partial charge in [-0.15, -0.1) is 0 Å². The summed E-state index contributed by atoms with van der Waals surface area (Å²) in [4.78, 5) is 12.9. The molecule has 2 aliphatic rings. The maximum atomic E-state index is 12.9. The summed E-state index contributed by atoms with van der Waals surface area (Å²) in [5, 5.41) is 6.11. The van der Waals surface area contributed by atoms with Crippen molar-refractivity contribution in [3.05, 3.63) is 53.1 Å². The third kappa shape index (κ3) is 2.25. The molecule has 1 atom stereocenters. The van der Waals surface area contributed by atoms with E-state index in [0.717, 1.165) is 22.6 Å². The van der Waals surface area contributed by atoms with E-state index in [9.17, 15) is 4.79 Å². The standard InChI is InChI=1S/C19H18N2O4/c1-23-12-6-4-11(5-7-12)14-10-15-13-8-9-16(24-2)18(25-3)17(13)19(22)21(15)20-14/h4-9,15H,10H2,1-3H3/t15-/m0/s1. The van der Waals surface area contributed by atoms with E-state index in [4.69, 9.17) is 14.2 Å². The van der Waals surface area contributed by atoms with Crippen molar-refractivity contribution >= 4 is 11.6 Å². The second-order valence-electron chi connectivity index (χ2n) is 5.91. The van der Waals surface area contributed by atoms with E-state index in [1.165, 1.54) is 0 Å². The molecule has 0 fully saturated rings. The number of amides is 1. The van der Waals surface area contributed by atoms with Crippen LogP contribution in [0.25, 0.3) is 0 Å². The van der Waals surface area contributed by atoms with Crippen molar-refractivity contribution in [1.29, 1.82) is 0 Å². The predicted octanol–water partition coefficient (Wildman–Crippen LogP) is 3.02. The Kier molecular flexibility index (Phi) is 3.60. The molecule has 25 heavy (non-hydrogen) atoms. The summed E-state index contributed by atoms with van der Waals surface area (Å²) in [7, 11) is 4.74. The van der Waals surface area contributed by atoms with E-state index in [1.807, 2.05) is 36.4 Å². The highest BCUT2D eigenvalue weighted by Crippen LogP contribution is 2.47. The maximum absolute atomic E-state index is 12.9. The second kappa shape index (κ2) is 5.81. The van der Waals surface area contributed by atoms with Crippen LogP contribution in [-0.2, 0) is 0 Å². The summed E-state index contributed by atoms with van der Waals surface area (Å²) in [5.41, 5.74) is 3.35. The Balaban J connectivity index is 1.70. The lowest BCUT2D eigenvalue weighted by Gasteiger charge is -2.12. The van der Waals surface area contributed by atoms with Gasteiger partial charge in [0.2, 0.25) is 0 Å². The molecule has 2 aliphatic heterocycles. The van der Waals surface area contributed by atoms with Crippen LogP contribution in [0.3, 0.4) is 0 Å². The van der Waals surface area contributed by atoms with Crippen LogP contribution in [0, 0.1) is 0 Å². The lowest BCUT2D eigenvalue weighted by atomic mass is 9.97. The molecule has 0 bridgehead atoms. The summed E-state index contributed by atoms with van der Waals surface area (Å²) in [6.07, 6.45) is 0.667. The first kappa shape index (κ1) is 15.5. The molecule has 0 aromatic heterocycles. The Morgan fingerprint density at radius 2 is 1.76 bits per heavy atom. The first-order valence-electron chi connectivity index (χ1n) is 7.98. The lowest BCUT2D eigenvalue weighted by molar-refractivity contribution is 0.0753. The molecule has 4 rings (SSSR count). The number of rotatable bonds is 4. The molecular formula is C19H18N2O4. The lowest BCUT2D eigenvalue weighted by Crippen LogP contribution is -2.18. The number of hydrogen-bond acceptors (Lipinski definition) is 5. The summed E-state index contributed by atoms with van der Waals surface area (Å²) in [6.45, 7) is 0. The molecule has 6 nitrogen and oxygen atoms in total. The Bertz CT molecular complexity index is 874. The molecule has 2 aromatic carbocycles. The zero-order valence-electron chi connectivity index (χ0n) is 14.3. The van der Waals surface area contributed by atoms with Gasteiger partial charge in [-0.05, 0) is 41.5 Å². The summed E-state index contributed by atoms with van der Waals surface area (Å²) in [6, 6.07) is 11.4. The molecule has 2 aromatic rings. The van der Waals surface area contributed by atoms with E-state index in [0.29, 0.717) is 23.5 Å². The van der Waals surface area contributed by atoms with E-state index in [-0.39, 0.29) is 11.9 Å². The van der Waals surface area contributed by atoms with E-state index >= 15 is 0 Å². The first-order chi connectivity index (χ1) is 12.2. The SMILES string of the molecule is COc1ccc(C2=NN3C(=O)c4c(ccc(OC)c4OC)[C@@H]3C2)cc1. The molecule has 1 amide bonds. The number of carbonyl (C=O) groups excluding carboxylic acids is 1. The van der Waals surface area contributed by atoms with Gasteiger partial charge in [0, 0.05) is 6.42 Å². The molecule has 0 unspecified atom stereocenters. The maximum Gasteiger partial charge on any atom is 0.278 e. The van der Waals surface area contributed by atoms with Gasteiger partial charge in [-0.3, -0.25) is 4.79 Å². The largest absolute Gasteiger partial charge is 0.497 e. The monoisotopic (exact) mass is 338 g/mol. The van der Waals surface area contributed by atoms with E-state index in [2.05, 4.69) is 5.10 Å². The number of fused-ring (bicyclic) bond motifs is 3.